The number of benzene rings is 4. The van der Waals surface area contributed by atoms with Crippen molar-refractivity contribution in [3.05, 3.63) is 130 Å². The van der Waals surface area contributed by atoms with E-state index in [-0.39, 0.29) is 31.1 Å². The maximum absolute atomic E-state index is 13.8. The van der Waals surface area contributed by atoms with Crippen LogP contribution in [0.3, 0.4) is 0 Å². The van der Waals surface area contributed by atoms with Crippen LogP contribution in [0, 0.1) is 0 Å². The zero-order chi connectivity index (χ0) is 29.1. The second-order valence-electron chi connectivity index (χ2n) is 11.0. The van der Waals surface area contributed by atoms with Crippen LogP contribution in [0.25, 0.3) is 11.1 Å². The highest BCUT2D eigenvalue weighted by atomic mass is 79.9. The van der Waals surface area contributed by atoms with Gasteiger partial charge in [-0.05, 0) is 58.4 Å². The maximum Gasteiger partial charge on any atom is 0.409 e. The number of rotatable bonds is 7. The van der Waals surface area contributed by atoms with Crippen molar-refractivity contribution >= 4 is 27.9 Å². The van der Waals surface area contributed by atoms with Crippen LogP contribution in [0.2, 0.25) is 0 Å². The summed E-state index contributed by atoms with van der Waals surface area (Å²) in [7, 11) is 0. The van der Waals surface area contributed by atoms with E-state index < -0.39 is 11.5 Å². The normalized spacial score (nSPS) is 16.3. The number of fused-ring (bicyclic) bond motifs is 3. The molecule has 2 N–H and O–H groups in total. The molecule has 0 aromatic heterocycles. The number of likely N-dealkylation sites (tertiary alicyclic amines) is 1. The number of carbonyl (C=O) groups excluding carboxylic acids is 2. The van der Waals surface area contributed by atoms with Crippen LogP contribution < -0.4 is 5.32 Å². The fourth-order valence-electron chi connectivity index (χ4n) is 6.32. The van der Waals surface area contributed by atoms with E-state index in [2.05, 4.69) is 45.5 Å². The van der Waals surface area contributed by atoms with Gasteiger partial charge < -0.3 is 20.1 Å². The zero-order valence-corrected chi connectivity index (χ0v) is 24.8. The molecule has 1 saturated heterocycles. The number of aliphatic hydroxyl groups is 1. The van der Waals surface area contributed by atoms with Gasteiger partial charge in [0.15, 0.2) is 0 Å². The summed E-state index contributed by atoms with van der Waals surface area (Å²) in [5, 5.41) is 13.6. The van der Waals surface area contributed by atoms with Gasteiger partial charge >= 0.3 is 6.09 Å². The quantitative estimate of drug-likeness (QED) is 0.243. The van der Waals surface area contributed by atoms with Crippen molar-refractivity contribution in [3.8, 4) is 11.1 Å². The number of piperidine rings is 1. The second-order valence-corrected chi connectivity index (χ2v) is 11.9. The third kappa shape index (κ3) is 5.46. The molecule has 6 rings (SSSR count). The van der Waals surface area contributed by atoms with Crippen LogP contribution in [0.4, 0.5) is 4.79 Å². The van der Waals surface area contributed by atoms with E-state index in [1.165, 1.54) is 22.3 Å². The summed E-state index contributed by atoms with van der Waals surface area (Å²) in [4.78, 5) is 28.8. The Morgan fingerprint density at radius 2 is 1.43 bits per heavy atom. The Morgan fingerprint density at radius 3 is 2.05 bits per heavy atom. The molecule has 1 fully saturated rings. The number of ether oxygens (including phenoxy) is 1. The van der Waals surface area contributed by atoms with Crippen molar-refractivity contribution in [2.45, 2.75) is 30.3 Å². The van der Waals surface area contributed by atoms with Gasteiger partial charge in [-0.15, -0.1) is 0 Å². The van der Waals surface area contributed by atoms with Gasteiger partial charge in [-0.3, -0.25) is 4.79 Å². The predicted octanol–water partition coefficient (Wildman–Crippen LogP) is 6.58. The maximum atomic E-state index is 13.8. The summed E-state index contributed by atoms with van der Waals surface area (Å²) in [6.45, 7) is 1.15. The molecular formula is C35H33BrN2O4. The monoisotopic (exact) mass is 624 g/mol. The van der Waals surface area contributed by atoms with Crippen molar-refractivity contribution in [2.75, 3.05) is 26.2 Å². The largest absolute Gasteiger partial charge is 0.448 e. The van der Waals surface area contributed by atoms with Gasteiger partial charge in [0.25, 0.3) is 0 Å². The molecule has 1 heterocycles. The first kappa shape index (κ1) is 28.2. The first-order chi connectivity index (χ1) is 20.5. The van der Waals surface area contributed by atoms with Crippen LogP contribution >= 0.6 is 15.9 Å². The summed E-state index contributed by atoms with van der Waals surface area (Å²) in [5.74, 6) is -0.151. The fourth-order valence-corrected chi connectivity index (χ4v) is 6.59. The molecule has 4 aromatic carbocycles. The Hall–Kier alpha value is -3.94. The molecular weight excluding hydrogens is 592 g/mol. The van der Waals surface area contributed by atoms with Crippen molar-refractivity contribution in [1.29, 1.82) is 0 Å². The molecule has 0 radical (unpaired) electrons. The van der Waals surface area contributed by atoms with Gasteiger partial charge in [-0.1, -0.05) is 107 Å². The van der Waals surface area contributed by atoms with Crippen molar-refractivity contribution < 1.29 is 19.4 Å². The Morgan fingerprint density at radius 1 is 0.857 bits per heavy atom. The standard InChI is InChI=1S/C35H33BrN2O4/c36-26-16-14-25(15-17-26)35(33(40)37-22-32(39)24-8-2-1-3-9-24)18-20-38(21-19-35)34(41)42-23-31-29-12-6-4-10-27(29)28-11-5-7-13-30(28)31/h1-17,31-32,39H,18-23H2,(H,37,40). The lowest BCUT2D eigenvalue weighted by Crippen LogP contribution is -2.53. The van der Waals surface area contributed by atoms with Gasteiger partial charge in [0.1, 0.15) is 6.61 Å². The molecule has 6 nitrogen and oxygen atoms in total. The first-order valence-corrected chi connectivity index (χ1v) is 15.1. The molecule has 4 aromatic rings. The minimum atomic E-state index is -0.822. The smallest absolute Gasteiger partial charge is 0.409 e. The summed E-state index contributed by atoms with van der Waals surface area (Å²) < 4.78 is 6.83. The van der Waals surface area contributed by atoms with Crippen LogP contribution in [0.15, 0.2) is 108 Å². The van der Waals surface area contributed by atoms with E-state index in [9.17, 15) is 14.7 Å². The van der Waals surface area contributed by atoms with E-state index in [0.717, 1.165) is 15.6 Å². The molecule has 1 unspecified atom stereocenters. The third-order valence-corrected chi connectivity index (χ3v) is 9.21. The fraction of sp³-hybridized carbons (Fsp3) is 0.257. The summed E-state index contributed by atoms with van der Waals surface area (Å²) in [6, 6.07) is 33.6. The molecule has 1 aliphatic carbocycles. The van der Waals surface area contributed by atoms with Gasteiger partial charge in [0.05, 0.1) is 11.5 Å². The number of hydrogen-bond donors (Lipinski definition) is 2. The molecule has 1 aliphatic heterocycles. The number of aliphatic hydroxyl groups excluding tert-OH is 1. The number of nitrogens with zero attached hydrogens (tertiary/aromatic N) is 1. The van der Waals surface area contributed by atoms with E-state index in [1.807, 2.05) is 78.9 Å². The number of amides is 2. The lowest BCUT2D eigenvalue weighted by Gasteiger charge is -2.40. The highest BCUT2D eigenvalue weighted by Crippen LogP contribution is 2.44. The lowest BCUT2D eigenvalue weighted by atomic mass is 9.72. The van der Waals surface area contributed by atoms with Gasteiger partial charge in [0.2, 0.25) is 5.91 Å². The highest BCUT2D eigenvalue weighted by molar-refractivity contribution is 9.10. The summed E-state index contributed by atoms with van der Waals surface area (Å²) >= 11 is 3.49. The minimum Gasteiger partial charge on any atom is -0.448 e. The topological polar surface area (TPSA) is 78.9 Å². The van der Waals surface area contributed by atoms with Crippen LogP contribution in [0.5, 0.6) is 0 Å². The summed E-state index contributed by atoms with van der Waals surface area (Å²) in [6.07, 6.45) is -0.266. The third-order valence-electron chi connectivity index (χ3n) is 8.68. The zero-order valence-electron chi connectivity index (χ0n) is 23.2. The van der Waals surface area contributed by atoms with E-state index in [1.54, 1.807) is 4.90 Å². The molecule has 1 atom stereocenters. The van der Waals surface area contributed by atoms with Gasteiger partial charge in [-0.25, -0.2) is 4.79 Å². The number of nitrogens with one attached hydrogen (secondary N) is 1. The van der Waals surface area contributed by atoms with Crippen LogP contribution in [0.1, 0.15) is 47.1 Å². The molecule has 0 spiro atoms. The SMILES string of the molecule is O=C(OCC1c2ccccc2-c2ccccc21)N1CCC(C(=O)NCC(O)c2ccccc2)(c2ccc(Br)cc2)CC1. The molecule has 214 valence electrons. The Bertz CT molecular complexity index is 1520. The van der Waals surface area contributed by atoms with Crippen molar-refractivity contribution in [1.82, 2.24) is 10.2 Å². The Labute approximate surface area is 254 Å². The average molecular weight is 626 g/mol. The Kier molecular flexibility index (Phi) is 8.13. The number of halogens is 1. The number of carbonyl (C=O) groups is 2. The van der Waals surface area contributed by atoms with E-state index in [4.69, 9.17) is 4.74 Å². The van der Waals surface area contributed by atoms with Crippen LogP contribution in [-0.2, 0) is 14.9 Å². The molecule has 2 amide bonds. The van der Waals surface area contributed by atoms with E-state index in [0.29, 0.717) is 25.9 Å². The van der Waals surface area contributed by atoms with E-state index >= 15 is 0 Å². The second kappa shape index (κ2) is 12.1. The molecule has 42 heavy (non-hydrogen) atoms. The first-order valence-electron chi connectivity index (χ1n) is 14.3. The van der Waals surface area contributed by atoms with Crippen molar-refractivity contribution in [3.63, 3.8) is 0 Å². The van der Waals surface area contributed by atoms with Gasteiger partial charge in [0, 0.05) is 30.0 Å². The molecule has 7 heteroatoms. The average Bonchev–Trinajstić information content (AvgIpc) is 3.36. The number of hydrogen-bond acceptors (Lipinski definition) is 4. The molecule has 0 bridgehead atoms. The highest BCUT2D eigenvalue weighted by Gasteiger charge is 2.44. The van der Waals surface area contributed by atoms with Crippen LogP contribution in [-0.4, -0.2) is 48.2 Å². The minimum absolute atomic E-state index is 0.00480. The Balaban J connectivity index is 1.13. The molecule has 2 aliphatic rings. The summed E-state index contributed by atoms with van der Waals surface area (Å²) in [5.41, 5.74) is 5.55. The lowest BCUT2D eigenvalue weighted by molar-refractivity contribution is -0.129. The molecule has 0 saturated carbocycles. The predicted molar refractivity (Wildman–Crippen MR) is 166 cm³/mol. The van der Waals surface area contributed by atoms with Gasteiger partial charge in [-0.2, -0.15) is 0 Å². The van der Waals surface area contributed by atoms with Crippen molar-refractivity contribution in [2.24, 2.45) is 0 Å².